The Morgan fingerprint density at radius 2 is 2.25 bits per heavy atom. The summed E-state index contributed by atoms with van der Waals surface area (Å²) < 4.78 is 0. The number of hydrogen-bond donors (Lipinski definition) is 1. The van der Waals surface area contributed by atoms with Gasteiger partial charge in [0.2, 0.25) is 5.91 Å². The first-order valence-corrected chi connectivity index (χ1v) is 8.05. The molecule has 1 amide bonds. The first kappa shape index (κ1) is 15.1. The fourth-order valence-corrected chi connectivity index (χ4v) is 2.61. The quantitative estimate of drug-likeness (QED) is 0.682. The van der Waals surface area contributed by atoms with E-state index in [1.807, 2.05) is 33.1 Å². The average Bonchev–Trinajstić information content (AvgIpc) is 2.86. The van der Waals surface area contributed by atoms with Gasteiger partial charge >= 0.3 is 0 Å². The largest absolute Gasteiger partial charge is 0.356 e. The standard InChI is InChI=1S/C14H22N4OS/c1-14(2,3)17-12(19)10-6-8-18(9-10)11-5-7-15-13(16-11)20-4/h5,7,10H,6,8-9H2,1-4H3,(H,17,19). The van der Waals surface area contributed by atoms with Crippen LogP contribution in [0.5, 0.6) is 0 Å². The van der Waals surface area contributed by atoms with E-state index in [1.165, 1.54) is 11.8 Å². The van der Waals surface area contributed by atoms with Crippen molar-refractivity contribution in [3.63, 3.8) is 0 Å². The maximum Gasteiger partial charge on any atom is 0.225 e. The van der Waals surface area contributed by atoms with Crippen molar-refractivity contribution in [2.24, 2.45) is 5.92 Å². The van der Waals surface area contributed by atoms with Crippen molar-refractivity contribution in [1.29, 1.82) is 0 Å². The van der Waals surface area contributed by atoms with Gasteiger partial charge in [0.1, 0.15) is 5.82 Å². The number of aromatic nitrogens is 2. The van der Waals surface area contributed by atoms with Gasteiger partial charge in [-0.3, -0.25) is 4.79 Å². The molecule has 0 aromatic carbocycles. The van der Waals surface area contributed by atoms with Gasteiger partial charge in [-0.15, -0.1) is 0 Å². The molecule has 1 fully saturated rings. The number of nitrogens with one attached hydrogen (secondary N) is 1. The molecule has 0 bridgehead atoms. The third-order valence-electron chi connectivity index (χ3n) is 3.18. The van der Waals surface area contributed by atoms with E-state index in [0.29, 0.717) is 0 Å². The van der Waals surface area contributed by atoms with Gasteiger partial charge in [0.05, 0.1) is 5.92 Å². The van der Waals surface area contributed by atoms with Gasteiger partial charge in [-0.05, 0) is 39.5 Å². The highest BCUT2D eigenvalue weighted by atomic mass is 32.2. The Kier molecular flexibility index (Phi) is 4.52. The van der Waals surface area contributed by atoms with Crippen LogP contribution in [0.2, 0.25) is 0 Å². The molecule has 0 radical (unpaired) electrons. The van der Waals surface area contributed by atoms with Gasteiger partial charge in [0, 0.05) is 24.8 Å². The number of amides is 1. The predicted molar refractivity (Wildman–Crippen MR) is 82.0 cm³/mol. The summed E-state index contributed by atoms with van der Waals surface area (Å²) in [6.07, 6.45) is 4.61. The number of carbonyl (C=O) groups is 1. The highest BCUT2D eigenvalue weighted by Crippen LogP contribution is 2.23. The third kappa shape index (κ3) is 3.85. The lowest BCUT2D eigenvalue weighted by Gasteiger charge is -2.23. The molecule has 1 atom stereocenters. The fourth-order valence-electron chi connectivity index (χ4n) is 2.26. The molecule has 1 aromatic heterocycles. The van der Waals surface area contributed by atoms with Crippen LogP contribution in [0.3, 0.4) is 0 Å². The minimum atomic E-state index is -0.175. The van der Waals surface area contributed by atoms with Crippen molar-refractivity contribution in [2.75, 3.05) is 24.2 Å². The minimum absolute atomic E-state index is 0.0434. The van der Waals surface area contributed by atoms with E-state index in [2.05, 4.69) is 20.2 Å². The van der Waals surface area contributed by atoms with Crippen LogP contribution in [-0.4, -0.2) is 40.8 Å². The summed E-state index contributed by atoms with van der Waals surface area (Å²) in [5, 5.41) is 3.82. The second-order valence-electron chi connectivity index (χ2n) is 6.07. The molecule has 0 saturated carbocycles. The Bertz CT molecular complexity index is 486. The van der Waals surface area contributed by atoms with E-state index in [1.54, 1.807) is 6.20 Å². The minimum Gasteiger partial charge on any atom is -0.356 e. The molecule has 110 valence electrons. The van der Waals surface area contributed by atoms with Crippen LogP contribution in [-0.2, 0) is 4.79 Å². The molecule has 1 aliphatic heterocycles. The SMILES string of the molecule is CSc1nccc(N2CCC(C(=O)NC(C)(C)C)C2)n1. The summed E-state index contributed by atoms with van der Waals surface area (Å²) in [7, 11) is 0. The molecule has 2 rings (SSSR count). The molecule has 1 saturated heterocycles. The van der Waals surface area contributed by atoms with Gasteiger partial charge in [0.25, 0.3) is 0 Å². The van der Waals surface area contributed by atoms with Crippen LogP contribution in [0.1, 0.15) is 27.2 Å². The molecule has 20 heavy (non-hydrogen) atoms. The number of nitrogens with zero attached hydrogens (tertiary/aromatic N) is 3. The molecule has 5 nitrogen and oxygen atoms in total. The van der Waals surface area contributed by atoms with E-state index in [-0.39, 0.29) is 17.4 Å². The van der Waals surface area contributed by atoms with Crippen LogP contribution in [0.15, 0.2) is 17.4 Å². The molecule has 1 aromatic rings. The monoisotopic (exact) mass is 294 g/mol. The number of rotatable bonds is 3. The van der Waals surface area contributed by atoms with Crippen molar-refractivity contribution >= 4 is 23.5 Å². The molecule has 1 unspecified atom stereocenters. The van der Waals surface area contributed by atoms with Crippen LogP contribution < -0.4 is 10.2 Å². The molecule has 2 heterocycles. The maximum atomic E-state index is 12.2. The van der Waals surface area contributed by atoms with Crippen LogP contribution in [0.25, 0.3) is 0 Å². The zero-order chi connectivity index (χ0) is 14.8. The smallest absolute Gasteiger partial charge is 0.225 e. The second-order valence-corrected chi connectivity index (χ2v) is 6.85. The van der Waals surface area contributed by atoms with Crippen molar-refractivity contribution in [1.82, 2.24) is 15.3 Å². The summed E-state index contributed by atoms with van der Waals surface area (Å²) in [5.41, 5.74) is -0.175. The van der Waals surface area contributed by atoms with Gasteiger partial charge in [-0.2, -0.15) is 0 Å². The summed E-state index contributed by atoms with van der Waals surface area (Å²) >= 11 is 1.53. The van der Waals surface area contributed by atoms with Gasteiger partial charge in [-0.25, -0.2) is 9.97 Å². The summed E-state index contributed by atoms with van der Waals surface area (Å²) in [6.45, 7) is 7.62. The Morgan fingerprint density at radius 1 is 1.50 bits per heavy atom. The fraction of sp³-hybridized carbons (Fsp3) is 0.643. The summed E-state index contributed by atoms with van der Waals surface area (Å²) in [6, 6.07) is 1.91. The lowest BCUT2D eigenvalue weighted by atomic mass is 10.0. The number of hydrogen-bond acceptors (Lipinski definition) is 5. The van der Waals surface area contributed by atoms with E-state index in [4.69, 9.17) is 0 Å². The van der Waals surface area contributed by atoms with Crippen LogP contribution in [0, 0.1) is 5.92 Å². The first-order valence-electron chi connectivity index (χ1n) is 6.83. The number of carbonyl (C=O) groups excluding carboxylic acids is 1. The molecule has 6 heteroatoms. The average molecular weight is 294 g/mol. The summed E-state index contributed by atoms with van der Waals surface area (Å²) in [4.78, 5) is 23.0. The molecule has 1 aliphatic rings. The lowest BCUT2D eigenvalue weighted by molar-refractivity contribution is -0.125. The molecular formula is C14H22N4OS. The Labute approximate surface area is 124 Å². The van der Waals surface area contributed by atoms with Crippen molar-refractivity contribution in [3.05, 3.63) is 12.3 Å². The Balaban J connectivity index is 1.99. The molecule has 1 N–H and O–H groups in total. The van der Waals surface area contributed by atoms with Gasteiger partial charge < -0.3 is 10.2 Å². The topological polar surface area (TPSA) is 58.1 Å². The Hall–Kier alpha value is -1.30. The van der Waals surface area contributed by atoms with Crippen molar-refractivity contribution in [2.45, 2.75) is 37.9 Å². The molecule has 0 aliphatic carbocycles. The van der Waals surface area contributed by atoms with Crippen LogP contribution in [0.4, 0.5) is 5.82 Å². The highest BCUT2D eigenvalue weighted by Gasteiger charge is 2.30. The zero-order valence-electron chi connectivity index (χ0n) is 12.5. The van der Waals surface area contributed by atoms with Gasteiger partial charge in [0.15, 0.2) is 5.16 Å². The molecule has 0 spiro atoms. The van der Waals surface area contributed by atoms with E-state index in [0.717, 1.165) is 30.5 Å². The Morgan fingerprint density at radius 3 is 2.90 bits per heavy atom. The van der Waals surface area contributed by atoms with E-state index >= 15 is 0 Å². The van der Waals surface area contributed by atoms with Gasteiger partial charge in [-0.1, -0.05) is 11.8 Å². The molecular weight excluding hydrogens is 272 g/mol. The first-order chi connectivity index (χ1) is 9.39. The lowest BCUT2D eigenvalue weighted by Crippen LogP contribution is -2.44. The predicted octanol–water partition coefficient (Wildman–Crippen LogP) is 1.94. The maximum absolute atomic E-state index is 12.2. The zero-order valence-corrected chi connectivity index (χ0v) is 13.3. The van der Waals surface area contributed by atoms with E-state index < -0.39 is 0 Å². The van der Waals surface area contributed by atoms with Crippen LogP contribution >= 0.6 is 11.8 Å². The number of thioether (sulfide) groups is 1. The van der Waals surface area contributed by atoms with Crippen molar-refractivity contribution in [3.8, 4) is 0 Å². The third-order valence-corrected chi connectivity index (χ3v) is 3.74. The normalized spacial score (nSPS) is 19.2. The second kappa shape index (κ2) is 5.99. The highest BCUT2D eigenvalue weighted by molar-refractivity contribution is 7.98. The number of anilines is 1. The summed E-state index contributed by atoms with van der Waals surface area (Å²) in [5.74, 6) is 1.09. The van der Waals surface area contributed by atoms with Crippen molar-refractivity contribution < 1.29 is 4.79 Å². The van der Waals surface area contributed by atoms with E-state index in [9.17, 15) is 4.79 Å².